The highest BCUT2D eigenvalue weighted by molar-refractivity contribution is 5.86. The van der Waals surface area contributed by atoms with Crippen LogP contribution in [0.15, 0.2) is 50.3 Å². The largest absolute Gasteiger partial charge is 0.348 e. The Morgan fingerprint density at radius 2 is 2.00 bits per heavy atom. The summed E-state index contributed by atoms with van der Waals surface area (Å²) < 4.78 is 0. The van der Waals surface area contributed by atoms with Crippen molar-refractivity contribution in [2.45, 2.75) is 6.54 Å². The molecule has 0 aliphatic rings. The third kappa shape index (κ3) is 4.87. The number of hydrogen-bond acceptors (Lipinski definition) is 2. The van der Waals surface area contributed by atoms with Crippen molar-refractivity contribution in [3.63, 3.8) is 0 Å². The smallest absolute Gasteiger partial charge is 0.243 e. The van der Waals surface area contributed by atoms with E-state index in [4.69, 9.17) is 0 Å². The monoisotopic (exact) mass is 190 g/mol. The van der Waals surface area contributed by atoms with Crippen molar-refractivity contribution in [3.05, 3.63) is 55.9 Å². The normalized spacial score (nSPS) is 8.00. The first-order valence-corrected chi connectivity index (χ1v) is 4.12. The van der Waals surface area contributed by atoms with Crippen molar-refractivity contribution in [1.29, 1.82) is 0 Å². The molecule has 0 aliphatic carbocycles. The SMILES string of the molecule is C=C.C=CC(=O)NCc1ccncc1. The molecule has 1 rings (SSSR count). The zero-order valence-corrected chi connectivity index (χ0v) is 8.07. The minimum Gasteiger partial charge on any atom is -0.348 e. The van der Waals surface area contributed by atoms with Crippen LogP contribution in [0.25, 0.3) is 0 Å². The van der Waals surface area contributed by atoms with Crippen LogP contribution in [0.2, 0.25) is 0 Å². The fourth-order valence-electron chi connectivity index (χ4n) is 0.762. The molecule has 3 heteroatoms. The van der Waals surface area contributed by atoms with Gasteiger partial charge in [-0.25, -0.2) is 0 Å². The molecular weight excluding hydrogens is 176 g/mol. The Bertz CT molecular complexity index is 283. The Kier molecular flexibility index (Phi) is 6.68. The van der Waals surface area contributed by atoms with Crippen LogP contribution in [0, 0.1) is 0 Å². The summed E-state index contributed by atoms with van der Waals surface area (Å²) in [5.41, 5.74) is 1.03. The van der Waals surface area contributed by atoms with Crippen LogP contribution in [0.5, 0.6) is 0 Å². The Labute approximate surface area is 84.2 Å². The van der Waals surface area contributed by atoms with Crippen LogP contribution >= 0.6 is 0 Å². The van der Waals surface area contributed by atoms with E-state index in [0.29, 0.717) is 6.54 Å². The number of aromatic nitrogens is 1. The summed E-state index contributed by atoms with van der Waals surface area (Å²) in [6.07, 6.45) is 4.63. The molecule has 0 fully saturated rings. The first-order valence-electron chi connectivity index (χ1n) is 4.12. The second-order valence-corrected chi connectivity index (χ2v) is 2.28. The maximum atomic E-state index is 10.7. The molecule has 0 atom stereocenters. The van der Waals surface area contributed by atoms with Gasteiger partial charge < -0.3 is 5.32 Å². The Balaban J connectivity index is 0.000000791. The maximum Gasteiger partial charge on any atom is 0.243 e. The molecule has 0 spiro atoms. The number of nitrogens with one attached hydrogen (secondary N) is 1. The predicted molar refractivity (Wildman–Crippen MR) is 57.5 cm³/mol. The molecule has 1 aromatic rings. The summed E-state index contributed by atoms with van der Waals surface area (Å²) in [6, 6.07) is 3.70. The summed E-state index contributed by atoms with van der Waals surface area (Å²) in [7, 11) is 0. The topological polar surface area (TPSA) is 42.0 Å². The van der Waals surface area contributed by atoms with Gasteiger partial charge in [0.15, 0.2) is 0 Å². The number of carbonyl (C=O) groups is 1. The van der Waals surface area contributed by atoms with Gasteiger partial charge in [0.05, 0.1) is 0 Å². The standard InChI is InChI=1S/C9H10N2O.C2H4/c1-2-9(12)11-7-8-3-5-10-6-4-8;1-2/h2-6H,1,7H2,(H,11,12);1-2H2. The third-order valence-electron chi connectivity index (χ3n) is 1.40. The number of pyridine rings is 1. The highest BCUT2D eigenvalue weighted by Crippen LogP contribution is 1.94. The van der Waals surface area contributed by atoms with Gasteiger partial charge in [-0.1, -0.05) is 6.58 Å². The van der Waals surface area contributed by atoms with E-state index in [9.17, 15) is 4.79 Å². The summed E-state index contributed by atoms with van der Waals surface area (Å²) in [5, 5.41) is 2.66. The number of rotatable bonds is 3. The Morgan fingerprint density at radius 3 is 2.50 bits per heavy atom. The van der Waals surface area contributed by atoms with Gasteiger partial charge in [0.25, 0.3) is 0 Å². The highest BCUT2D eigenvalue weighted by atomic mass is 16.1. The van der Waals surface area contributed by atoms with Gasteiger partial charge in [0.1, 0.15) is 0 Å². The zero-order valence-electron chi connectivity index (χ0n) is 8.07. The Hall–Kier alpha value is -1.90. The van der Waals surface area contributed by atoms with Gasteiger partial charge in [-0.3, -0.25) is 9.78 Å². The van der Waals surface area contributed by atoms with Crippen LogP contribution in [-0.4, -0.2) is 10.9 Å². The van der Waals surface area contributed by atoms with Gasteiger partial charge >= 0.3 is 0 Å². The van der Waals surface area contributed by atoms with E-state index in [1.54, 1.807) is 12.4 Å². The molecule has 3 nitrogen and oxygen atoms in total. The molecule has 1 heterocycles. The van der Waals surface area contributed by atoms with Crippen LogP contribution < -0.4 is 5.32 Å². The maximum absolute atomic E-state index is 10.7. The van der Waals surface area contributed by atoms with Crippen molar-refractivity contribution in [3.8, 4) is 0 Å². The number of amides is 1. The molecule has 1 N–H and O–H groups in total. The van der Waals surface area contributed by atoms with E-state index in [-0.39, 0.29) is 5.91 Å². The molecule has 0 aromatic carbocycles. The van der Waals surface area contributed by atoms with Gasteiger partial charge in [-0.15, -0.1) is 13.2 Å². The number of hydrogen-bond donors (Lipinski definition) is 1. The highest BCUT2D eigenvalue weighted by Gasteiger charge is 1.93. The number of carbonyl (C=O) groups excluding carboxylic acids is 1. The lowest BCUT2D eigenvalue weighted by Gasteiger charge is -2.00. The average molecular weight is 190 g/mol. The predicted octanol–water partition coefficient (Wildman–Crippen LogP) is 1.69. The van der Waals surface area contributed by atoms with E-state index < -0.39 is 0 Å². The van der Waals surface area contributed by atoms with Gasteiger partial charge in [0.2, 0.25) is 5.91 Å². The van der Waals surface area contributed by atoms with Crippen molar-refractivity contribution < 1.29 is 4.79 Å². The summed E-state index contributed by atoms with van der Waals surface area (Å²) in [4.78, 5) is 14.6. The molecule has 0 saturated carbocycles. The molecule has 1 amide bonds. The summed E-state index contributed by atoms with van der Waals surface area (Å²) in [5.74, 6) is -0.160. The molecule has 74 valence electrons. The second-order valence-electron chi connectivity index (χ2n) is 2.28. The molecular formula is C11H14N2O. The van der Waals surface area contributed by atoms with E-state index in [1.165, 1.54) is 6.08 Å². The van der Waals surface area contributed by atoms with Crippen molar-refractivity contribution in [2.24, 2.45) is 0 Å². The fraction of sp³-hybridized carbons (Fsp3) is 0.0909. The fourth-order valence-corrected chi connectivity index (χ4v) is 0.762. The summed E-state index contributed by atoms with van der Waals surface area (Å²) in [6.45, 7) is 9.87. The molecule has 14 heavy (non-hydrogen) atoms. The van der Waals surface area contributed by atoms with Crippen LogP contribution in [0.4, 0.5) is 0 Å². The lowest BCUT2D eigenvalue weighted by molar-refractivity contribution is -0.116. The van der Waals surface area contributed by atoms with Gasteiger partial charge in [-0.05, 0) is 23.8 Å². The van der Waals surface area contributed by atoms with E-state index in [2.05, 4.69) is 30.0 Å². The van der Waals surface area contributed by atoms with E-state index in [1.807, 2.05) is 12.1 Å². The third-order valence-corrected chi connectivity index (χ3v) is 1.40. The quantitative estimate of drug-likeness (QED) is 0.582. The van der Waals surface area contributed by atoms with Crippen molar-refractivity contribution >= 4 is 5.91 Å². The van der Waals surface area contributed by atoms with Gasteiger partial charge in [0, 0.05) is 18.9 Å². The molecule has 0 saturated heterocycles. The van der Waals surface area contributed by atoms with E-state index in [0.717, 1.165) is 5.56 Å². The number of nitrogens with zero attached hydrogens (tertiary/aromatic N) is 1. The van der Waals surface area contributed by atoms with Crippen LogP contribution in [-0.2, 0) is 11.3 Å². The minimum atomic E-state index is -0.160. The second kappa shape index (κ2) is 7.73. The van der Waals surface area contributed by atoms with E-state index >= 15 is 0 Å². The molecule has 1 aromatic heterocycles. The molecule has 0 bridgehead atoms. The van der Waals surface area contributed by atoms with Crippen molar-refractivity contribution in [1.82, 2.24) is 10.3 Å². The van der Waals surface area contributed by atoms with Gasteiger partial charge in [-0.2, -0.15) is 0 Å². The first-order chi connectivity index (χ1) is 6.83. The molecule has 0 radical (unpaired) electrons. The lowest BCUT2D eigenvalue weighted by atomic mass is 10.3. The van der Waals surface area contributed by atoms with Crippen LogP contribution in [0.1, 0.15) is 5.56 Å². The molecule has 0 aliphatic heterocycles. The van der Waals surface area contributed by atoms with Crippen molar-refractivity contribution in [2.75, 3.05) is 0 Å². The zero-order chi connectivity index (χ0) is 10.8. The summed E-state index contributed by atoms with van der Waals surface area (Å²) >= 11 is 0. The average Bonchev–Trinajstić information content (AvgIpc) is 2.30. The molecule has 0 unspecified atom stereocenters. The van der Waals surface area contributed by atoms with Crippen LogP contribution in [0.3, 0.4) is 0 Å². The first kappa shape index (κ1) is 12.1. The Morgan fingerprint density at radius 1 is 1.43 bits per heavy atom. The lowest BCUT2D eigenvalue weighted by Crippen LogP contribution is -2.19. The minimum absolute atomic E-state index is 0.160.